The zero-order chi connectivity index (χ0) is 20.4. The van der Waals surface area contributed by atoms with Gasteiger partial charge in [-0.2, -0.15) is 10.2 Å². The number of hydrogen-bond donors (Lipinski definition) is 1. The number of nitrogens with one attached hydrogen (secondary N) is 1. The number of nitrogens with zero attached hydrogens (tertiary/aromatic N) is 2. The highest BCUT2D eigenvalue weighted by molar-refractivity contribution is 5.93. The first-order chi connectivity index (χ1) is 14.0. The lowest BCUT2D eigenvalue weighted by Gasteiger charge is -2.19. The van der Waals surface area contributed by atoms with Gasteiger partial charge >= 0.3 is 0 Å². The van der Waals surface area contributed by atoms with E-state index >= 15 is 0 Å². The minimum absolute atomic E-state index is 0.177. The number of fused-ring (bicyclic) bond motifs is 1. The molecule has 0 spiro atoms. The van der Waals surface area contributed by atoms with Gasteiger partial charge in [-0.05, 0) is 36.6 Å². The molecule has 0 aliphatic carbocycles. The summed E-state index contributed by atoms with van der Waals surface area (Å²) < 4.78 is 46.0. The predicted molar refractivity (Wildman–Crippen MR) is 106 cm³/mol. The largest absolute Gasteiger partial charge is 0.377 e. The second kappa shape index (κ2) is 8.21. The normalized spacial score (nSPS) is 15.4. The molecule has 2 heterocycles. The van der Waals surface area contributed by atoms with Crippen LogP contribution in [0.2, 0.25) is 0 Å². The zero-order valence-corrected chi connectivity index (χ0v) is 15.8. The summed E-state index contributed by atoms with van der Waals surface area (Å²) in [5, 5.41) is 12.2. The summed E-state index contributed by atoms with van der Waals surface area (Å²) in [7, 11) is 0. The first-order valence-corrected chi connectivity index (χ1v) is 9.40. The van der Waals surface area contributed by atoms with Gasteiger partial charge in [0, 0.05) is 10.9 Å². The number of rotatable bonds is 5. The molecule has 0 amide bonds. The Kier molecular flexibility index (Phi) is 5.49. The molecular weight excluding hydrogens is 379 g/mol. The van der Waals surface area contributed by atoms with E-state index in [1.807, 2.05) is 18.2 Å². The van der Waals surface area contributed by atoms with E-state index in [2.05, 4.69) is 21.6 Å². The van der Waals surface area contributed by atoms with Crippen molar-refractivity contribution in [2.45, 2.75) is 25.8 Å². The lowest BCUT2D eigenvalue weighted by Crippen LogP contribution is -2.11. The van der Waals surface area contributed by atoms with Gasteiger partial charge in [0.15, 0.2) is 0 Å². The summed E-state index contributed by atoms with van der Waals surface area (Å²) in [6.45, 7) is 3.00. The van der Waals surface area contributed by atoms with Crippen molar-refractivity contribution in [2.75, 3.05) is 18.5 Å². The molecule has 0 bridgehead atoms. The summed E-state index contributed by atoms with van der Waals surface area (Å²) in [6.07, 6.45) is 1.59. The van der Waals surface area contributed by atoms with Crippen LogP contribution >= 0.6 is 0 Å². The van der Waals surface area contributed by atoms with Crippen LogP contribution in [0.15, 0.2) is 48.7 Å². The number of aromatic nitrogens is 2. The van der Waals surface area contributed by atoms with Gasteiger partial charge in [0.25, 0.3) is 6.43 Å². The average Bonchev–Trinajstić information content (AvgIpc) is 2.74. The molecule has 1 N–H and O–H groups in total. The van der Waals surface area contributed by atoms with Crippen LogP contribution < -0.4 is 5.32 Å². The number of hydrogen-bond acceptors (Lipinski definition) is 4. The van der Waals surface area contributed by atoms with E-state index in [0.29, 0.717) is 24.4 Å². The van der Waals surface area contributed by atoms with Gasteiger partial charge in [-0.15, -0.1) is 0 Å². The minimum Gasteiger partial charge on any atom is -0.377 e. The van der Waals surface area contributed by atoms with Gasteiger partial charge in [-0.3, -0.25) is 0 Å². The zero-order valence-electron chi connectivity index (χ0n) is 15.8. The van der Waals surface area contributed by atoms with Crippen LogP contribution in [0.5, 0.6) is 0 Å². The van der Waals surface area contributed by atoms with E-state index in [-0.39, 0.29) is 5.56 Å². The topological polar surface area (TPSA) is 47.0 Å². The quantitative estimate of drug-likeness (QED) is 0.599. The Morgan fingerprint density at radius 3 is 2.72 bits per heavy atom. The molecule has 7 heteroatoms. The molecule has 1 atom stereocenters. The van der Waals surface area contributed by atoms with Crippen molar-refractivity contribution in [3.05, 3.63) is 71.2 Å². The number of benzene rings is 2. The summed E-state index contributed by atoms with van der Waals surface area (Å²) in [4.78, 5) is 0. The maximum Gasteiger partial charge on any atom is 0.266 e. The van der Waals surface area contributed by atoms with E-state index in [4.69, 9.17) is 4.74 Å². The van der Waals surface area contributed by atoms with Crippen LogP contribution in [-0.2, 0) is 4.74 Å². The van der Waals surface area contributed by atoms with Crippen LogP contribution in [0.4, 0.5) is 18.9 Å². The third-order valence-electron chi connectivity index (χ3n) is 5.11. The Balaban J connectivity index is 1.69. The number of anilines is 1. The molecule has 29 heavy (non-hydrogen) atoms. The molecule has 0 saturated heterocycles. The number of ether oxygens (including phenoxy) is 1. The van der Waals surface area contributed by atoms with Crippen LogP contribution in [0.1, 0.15) is 42.5 Å². The third-order valence-corrected chi connectivity index (χ3v) is 5.11. The number of halogens is 3. The molecule has 0 fully saturated rings. The lowest BCUT2D eigenvalue weighted by atomic mass is 9.99. The molecule has 1 aliphatic rings. The highest BCUT2D eigenvalue weighted by Gasteiger charge is 2.20. The summed E-state index contributed by atoms with van der Waals surface area (Å²) in [6, 6.07) is 9.42. The molecular formula is C22H20F3N3O. The molecule has 3 aromatic rings. The van der Waals surface area contributed by atoms with Crippen molar-refractivity contribution in [3.63, 3.8) is 0 Å². The number of alkyl halides is 2. The smallest absolute Gasteiger partial charge is 0.266 e. The monoisotopic (exact) mass is 399 g/mol. The van der Waals surface area contributed by atoms with Crippen molar-refractivity contribution in [2.24, 2.45) is 0 Å². The summed E-state index contributed by atoms with van der Waals surface area (Å²) >= 11 is 0. The van der Waals surface area contributed by atoms with E-state index in [1.54, 1.807) is 13.1 Å². The maximum absolute atomic E-state index is 14.5. The second-order valence-corrected chi connectivity index (χ2v) is 6.96. The van der Waals surface area contributed by atoms with E-state index in [0.717, 1.165) is 23.4 Å². The molecule has 0 radical (unpaired) electrons. The van der Waals surface area contributed by atoms with Crippen molar-refractivity contribution in [1.29, 1.82) is 0 Å². The first kappa shape index (κ1) is 19.4. The van der Waals surface area contributed by atoms with E-state index in [9.17, 15) is 13.2 Å². The fourth-order valence-corrected chi connectivity index (χ4v) is 3.54. The second-order valence-electron chi connectivity index (χ2n) is 6.96. The lowest BCUT2D eigenvalue weighted by molar-refractivity contribution is 0.146. The van der Waals surface area contributed by atoms with E-state index in [1.165, 1.54) is 17.7 Å². The van der Waals surface area contributed by atoms with Crippen molar-refractivity contribution >= 4 is 22.2 Å². The predicted octanol–water partition coefficient (Wildman–Crippen LogP) is 5.68. The van der Waals surface area contributed by atoms with Crippen molar-refractivity contribution in [3.8, 4) is 0 Å². The fourth-order valence-electron chi connectivity index (χ4n) is 3.54. The average molecular weight is 399 g/mol. The first-order valence-electron chi connectivity index (χ1n) is 9.40. The van der Waals surface area contributed by atoms with Crippen LogP contribution in [-0.4, -0.2) is 23.4 Å². The fraction of sp³-hybridized carbons (Fsp3) is 0.273. The Labute approximate surface area is 166 Å². The van der Waals surface area contributed by atoms with Crippen LogP contribution in [0.25, 0.3) is 16.5 Å². The van der Waals surface area contributed by atoms with Gasteiger partial charge in [0.05, 0.1) is 42.2 Å². The van der Waals surface area contributed by atoms with Gasteiger partial charge in [0.2, 0.25) is 0 Å². The molecule has 0 saturated carbocycles. The van der Waals surface area contributed by atoms with Gasteiger partial charge in [0.1, 0.15) is 5.82 Å². The Hall–Kier alpha value is -2.93. The SMILES string of the molecule is C[C@@H](Nc1cnnc2ccc(C3=CCOCC3)cc12)c1cccc(C(F)F)c1F. The van der Waals surface area contributed by atoms with Gasteiger partial charge in [-0.1, -0.05) is 30.3 Å². The Bertz CT molecular complexity index is 1070. The summed E-state index contributed by atoms with van der Waals surface area (Å²) in [5.41, 5.74) is 3.21. The van der Waals surface area contributed by atoms with Gasteiger partial charge < -0.3 is 10.1 Å². The molecule has 2 aromatic carbocycles. The van der Waals surface area contributed by atoms with Crippen molar-refractivity contribution in [1.82, 2.24) is 10.2 Å². The highest BCUT2D eigenvalue weighted by Crippen LogP contribution is 2.32. The molecule has 150 valence electrons. The van der Waals surface area contributed by atoms with E-state index < -0.39 is 23.8 Å². The minimum atomic E-state index is -2.86. The maximum atomic E-state index is 14.5. The Morgan fingerprint density at radius 1 is 1.14 bits per heavy atom. The van der Waals surface area contributed by atoms with Gasteiger partial charge in [-0.25, -0.2) is 13.2 Å². The highest BCUT2D eigenvalue weighted by atomic mass is 19.3. The molecule has 4 nitrogen and oxygen atoms in total. The van der Waals surface area contributed by atoms with Crippen LogP contribution in [0.3, 0.4) is 0 Å². The third kappa shape index (κ3) is 3.96. The summed E-state index contributed by atoms with van der Waals surface area (Å²) in [5.74, 6) is -0.887. The molecule has 1 aromatic heterocycles. The molecule has 1 aliphatic heterocycles. The molecule has 4 rings (SSSR count). The van der Waals surface area contributed by atoms with Crippen LogP contribution in [0, 0.1) is 5.82 Å². The van der Waals surface area contributed by atoms with Crippen molar-refractivity contribution < 1.29 is 17.9 Å². The Morgan fingerprint density at radius 2 is 1.97 bits per heavy atom. The molecule has 0 unspecified atom stereocenters. The standard InChI is InChI=1S/C22H20F3N3O/c1-13(16-3-2-4-17(21(16)23)22(24)25)27-20-12-26-28-19-6-5-15(11-18(19)20)14-7-9-29-10-8-14/h2-7,11-13,22H,8-10H2,1H3,(H,27,28)/t13-/m1/s1.